The predicted molar refractivity (Wildman–Crippen MR) is 114 cm³/mol. The van der Waals surface area contributed by atoms with Crippen molar-refractivity contribution in [3.63, 3.8) is 0 Å². The van der Waals surface area contributed by atoms with E-state index in [1.165, 1.54) is 15.9 Å². The van der Waals surface area contributed by atoms with Crippen LogP contribution in [0.4, 0.5) is 0 Å². The Kier molecular flexibility index (Phi) is 5.85. The summed E-state index contributed by atoms with van der Waals surface area (Å²) >= 11 is 0. The van der Waals surface area contributed by atoms with Gasteiger partial charge >= 0.3 is 0 Å². The van der Waals surface area contributed by atoms with Gasteiger partial charge in [-0.1, -0.05) is 92.6 Å². The topological polar surface area (TPSA) is 58.0 Å². The molecule has 0 saturated heterocycles. The van der Waals surface area contributed by atoms with Crippen LogP contribution in [0.3, 0.4) is 0 Å². The molecule has 0 aliphatic heterocycles. The van der Waals surface area contributed by atoms with Crippen LogP contribution >= 0.6 is 0 Å². The van der Waals surface area contributed by atoms with Crippen LogP contribution in [-0.2, 0) is 4.43 Å². The molecule has 1 aliphatic carbocycles. The molecule has 0 bridgehead atoms. The third-order valence-electron chi connectivity index (χ3n) is 5.28. The van der Waals surface area contributed by atoms with E-state index in [1.807, 2.05) is 0 Å². The van der Waals surface area contributed by atoms with E-state index in [0.717, 1.165) is 12.8 Å². The lowest BCUT2D eigenvalue weighted by Crippen LogP contribution is -2.66. The Labute approximate surface area is 162 Å². The molecule has 27 heavy (non-hydrogen) atoms. The fraction of sp³-hybridized carbons (Fsp3) is 0.364. The molecule has 0 spiro atoms. The first-order valence-corrected chi connectivity index (χ1v) is 11.4. The van der Waals surface area contributed by atoms with Crippen molar-refractivity contribution in [2.75, 3.05) is 6.61 Å². The molecule has 0 heterocycles. The molecule has 0 saturated carbocycles. The fourth-order valence-corrected chi connectivity index (χ4v) is 8.57. The summed E-state index contributed by atoms with van der Waals surface area (Å²) < 4.78 is 6.91. The van der Waals surface area contributed by atoms with Crippen LogP contribution in [0.5, 0.6) is 0 Å². The molecule has 0 N–H and O–H groups in total. The first-order valence-electron chi connectivity index (χ1n) is 9.46. The van der Waals surface area contributed by atoms with Crippen LogP contribution in [0, 0.1) is 0 Å². The Morgan fingerprint density at radius 2 is 1.59 bits per heavy atom. The smallest absolute Gasteiger partial charge is 0.261 e. The molecule has 0 aromatic heterocycles. The van der Waals surface area contributed by atoms with Crippen molar-refractivity contribution in [3.05, 3.63) is 82.8 Å². The van der Waals surface area contributed by atoms with E-state index in [1.54, 1.807) is 0 Å². The molecule has 5 heteroatoms. The fourth-order valence-electron chi connectivity index (χ4n) is 4.01. The summed E-state index contributed by atoms with van der Waals surface area (Å²) in [6, 6.07) is 21.3. The zero-order valence-electron chi connectivity index (χ0n) is 16.3. The predicted octanol–water partition coefficient (Wildman–Crippen LogP) is 4.96. The van der Waals surface area contributed by atoms with Crippen molar-refractivity contribution in [1.29, 1.82) is 0 Å². The molecule has 2 aromatic rings. The molecule has 0 amide bonds. The summed E-state index contributed by atoms with van der Waals surface area (Å²) in [5.41, 5.74) is 9.92. The minimum atomic E-state index is -2.50. The zero-order chi connectivity index (χ0) is 19.3. The first-order chi connectivity index (χ1) is 13.0. The standard InChI is InChI=1S/C22H27N3OSi/c1-22(2,3)27(20-10-6-4-7-11-20,21-12-8-5-9-13-21)26-17-18-14-15-19(16-18)24-25-23/h4-13,16,19H,14-15,17H2,1-3H3. The van der Waals surface area contributed by atoms with E-state index in [0.29, 0.717) is 6.61 Å². The summed E-state index contributed by atoms with van der Waals surface area (Å²) in [4.78, 5) is 2.94. The molecule has 140 valence electrons. The minimum Gasteiger partial charge on any atom is -0.403 e. The summed E-state index contributed by atoms with van der Waals surface area (Å²) in [6.45, 7) is 7.44. The van der Waals surface area contributed by atoms with Crippen LogP contribution < -0.4 is 10.4 Å². The van der Waals surface area contributed by atoms with Gasteiger partial charge in [-0.15, -0.1) is 0 Å². The Balaban J connectivity index is 2.02. The zero-order valence-corrected chi connectivity index (χ0v) is 17.3. The third kappa shape index (κ3) is 4.01. The molecule has 1 aliphatic rings. The molecule has 3 rings (SSSR count). The maximum atomic E-state index is 8.68. The Morgan fingerprint density at radius 3 is 2.07 bits per heavy atom. The van der Waals surface area contributed by atoms with E-state index in [4.69, 9.17) is 9.96 Å². The second-order valence-electron chi connectivity index (χ2n) is 8.09. The second-order valence-corrected chi connectivity index (χ2v) is 12.4. The normalized spacial score (nSPS) is 17.3. The molecule has 0 fully saturated rings. The number of benzene rings is 2. The van der Waals surface area contributed by atoms with Crippen LogP contribution in [0.1, 0.15) is 33.6 Å². The van der Waals surface area contributed by atoms with Gasteiger partial charge in [-0.2, -0.15) is 0 Å². The summed E-state index contributed by atoms with van der Waals surface area (Å²) in [5, 5.41) is 6.39. The van der Waals surface area contributed by atoms with Crippen LogP contribution in [0.25, 0.3) is 10.4 Å². The largest absolute Gasteiger partial charge is 0.403 e. The molecule has 0 radical (unpaired) electrons. The SMILES string of the molecule is CC(C)(C)[Si](OCC1=CC(N=[N+]=[N-])CC1)(c1ccccc1)c1ccccc1. The Hall–Kier alpha value is -2.33. The number of hydrogen-bond acceptors (Lipinski definition) is 2. The van der Waals surface area contributed by atoms with Gasteiger partial charge in [0.1, 0.15) is 0 Å². The van der Waals surface area contributed by atoms with Crippen molar-refractivity contribution in [2.24, 2.45) is 5.11 Å². The van der Waals surface area contributed by atoms with Gasteiger partial charge in [0.2, 0.25) is 0 Å². The van der Waals surface area contributed by atoms with Crippen LogP contribution in [-0.4, -0.2) is 21.0 Å². The van der Waals surface area contributed by atoms with Crippen molar-refractivity contribution >= 4 is 18.7 Å². The van der Waals surface area contributed by atoms with Crippen LogP contribution in [0.2, 0.25) is 5.04 Å². The van der Waals surface area contributed by atoms with Crippen LogP contribution in [0.15, 0.2) is 77.4 Å². The van der Waals surface area contributed by atoms with E-state index in [2.05, 4.69) is 97.5 Å². The van der Waals surface area contributed by atoms with Gasteiger partial charge in [-0.3, -0.25) is 0 Å². The Morgan fingerprint density at radius 1 is 1.04 bits per heavy atom. The second kappa shape index (κ2) is 8.13. The quantitative estimate of drug-likeness (QED) is 0.231. The molecule has 4 nitrogen and oxygen atoms in total. The van der Waals surface area contributed by atoms with Gasteiger partial charge in [0.15, 0.2) is 0 Å². The maximum Gasteiger partial charge on any atom is 0.261 e. The van der Waals surface area contributed by atoms with E-state index >= 15 is 0 Å². The van der Waals surface area contributed by atoms with Gasteiger partial charge in [-0.05, 0) is 39.4 Å². The van der Waals surface area contributed by atoms with Gasteiger partial charge in [0, 0.05) is 4.91 Å². The van der Waals surface area contributed by atoms with Crippen molar-refractivity contribution in [3.8, 4) is 0 Å². The molecule has 1 atom stereocenters. The van der Waals surface area contributed by atoms with Crippen molar-refractivity contribution < 1.29 is 4.43 Å². The maximum absolute atomic E-state index is 8.68. The molecular formula is C22H27N3OSi. The molecular weight excluding hydrogens is 350 g/mol. The van der Waals surface area contributed by atoms with Gasteiger partial charge < -0.3 is 4.43 Å². The number of rotatable bonds is 6. The number of hydrogen-bond donors (Lipinski definition) is 0. The van der Waals surface area contributed by atoms with Gasteiger partial charge in [-0.25, -0.2) is 0 Å². The van der Waals surface area contributed by atoms with E-state index in [9.17, 15) is 0 Å². The highest BCUT2D eigenvalue weighted by atomic mass is 28.4. The molecule has 1 unspecified atom stereocenters. The van der Waals surface area contributed by atoms with Gasteiger partial charge in [0.25, 0.3) is 8.32 Å². The highest BCUT2D eigenvalue weighted by Crippen LogP contribution is 2.37. The minimum absolute atomic E-state index is 0.0287. The summed E-state index contributed by atoms with van der Waals surface area (Å²) in [6.07, 6.45) is 3.89. The lowest BCUT2D eigenvalue weighted by Gasteiger charge is -2.43. The van der Waals surface area contributed by atoms with Crippen molar-refractivity contribution in [2.45, 2.75) is 44.7 Å². The highest BCUT2D eigenvalue weighted by molar-refractivity contribution is 6.99. The number of nitrogens with zero attached hydrogens (tertiary/aromatic N) is 3. The van der Waals surface area contributed by atoms with Crippen molar-refractivity contribution in [1.82, 2.24) is 0 Å². The average molecular weight is 378 g/mol. The first kappa shape index (κ1) is 19.4. The van der Waals surface area contributed by atoms with Gasteiger partial charge in [0.05, 0.1) is 12.6 Å². The monoisotopic (exact) mass is 377 g/mol. The number of azide groups is 1. The lowest BCUT2D eigenvalue weighted by molar-refractivity contribution is 0.327. The average Bonchev–Trinajstić information content (AvgIpc) is 3.11. The van der Waals surface area contributed by atoms with E-state index < -0.39 is 8.32 Å². The van der Waals surface area contributed by atoms with E-state index in [-0.39, 0.29) is 11.1 Å². The lowest BCUT2D eigenvalue weighted by atomic mass is 10.2. The highest BCUT2D eigenvalue weighted by Gasteiger charge is 2.50. The third-order valence-corrected chi connectivity index (χ3v) is 10.3. The summed E-state index contributed by atoms with van der Waals surface area (Å²) in [5.74, 6) is 0. The summed E-state index contributed by atoms with van der Waals surface area (Å²) in [7, 11) is -2.50. The molecule has 2 aromatic carbocycles. The Bertz CT molecular complexity index is 797.